The highest BCUT2D eigenvalue weighted by Crippen LogP contribution is 2.40. The monoisotopic (exact) mass is 348 g/mol. The van der Waals surface area contributed by atoms with Crippen LogP contribution < -0.4 is 10.1 Å². The Morgan fingerprint density at radius 3 is 2.32 bits per heavy atom. The van der Waals surface area contributed by atoms with E-state index in [0.717, 1.165) is 0 Å². The molecule has 0 aromatic heterocycles. The van der Waals surface area contributed by atoms with Gasteiger partial charge in [-0.05, 0) is 38.5 Å². The zero-order valence-corrected chi connectivity index (χ0v) is 13.9. The maximum atomic E-state index is 13.2. The molecule has 2 rings (SSSR count). The number of nitrogens with zero attached hydrogens (tertiary/aromatic N) is 1. The summed E-state index contributed by atoms with van der Waals surface area (Å²) in [6, 6.07) is 7.86. The molecular formula is C17H17FN2O5. The summed E-state index contributed by atoms with van der Waals surface area (Å²) in [5, 5.41) is 22.2. The minimum Gasteiger partial charge on any atom is -0.487 e. The summed E-state index contributed by atoms with van der Waals surface area (Å²) in [7, 11) is 0. The zero-order chi connectivity index (χ0) is 18.8. The molecule has 0 saturated carbocycles. The molecule has 0 aliphatic carbocycles. The second-order valence-corrected chi connectivity index (χ2v) is 6.27. The third-order valence-corrected chi connectivity index (χ3v) is 3.11. The third-order valence-electron chi connectivity index (χ3n) is 3.11. The van der Waals surface area contributed by atoms with E-state index >= 15 is 0 Å². The van der Waals surface area contributed by atoms with E-state index < -0.39 is 28.1 Å². The number of ether oxygens (including phenoxy) is 1. The van der Waals surface area contributed by atoms with E-state index in [0.29, 0.717) is 11.1 Å². The maximum absolute atomic E-state index is 13.2. The van der Waals surface area contributed by atoms with E-state index in [1.54, 1.807) is 20.8 Å². The molecule has 0 heterocycles. The van der Waals surface area contributed by atoms with E-state index in [4.69, 9.17) is 9.84 Å². The summed E-state index contributed by atoms with van der Waals surface area (Å²) in [6.45, 7) is 5.35. The predicted octanol–water partition coefficient (Wildman–Crippen LogP) is 4.67. The zero-order valence-electron chi connectivity index (χ0n) is 13.9. The molecule has 132 valence electrons. The number of nitro benzene ring substituents is 1. The van der Waals surface area contributed by atoms with Gasteiger partial charge in [-0.2, -0.15) is 0 Å². The minimum absolute atomic E-state index is 0.206. The Bertz CT molecular complexity index is 813. The molecule has 0 fully saturated rings. The number of nitro groups is 1. The van der Waals surface area contributed by atoms with E-state index in [1.807, 2.05) is 5.32 Å². The molecule has 8 heteroatoms. The molecule has 0 spiro atoms. The molecule has 0 saturated heterocycles. The van der Waals surface area contributed by atoms with Gasteiger partial charge in [0.15, 0.2) is 0 Å². The van der Waals surface area contributed by atoms with Crippen molar-refractivity contribution in [2.45, 2.75) is 26.4 Å². The summed E-state index contributed by atoms with van der Waals surface area (Å²) in [5.41, 5.74) is -0.403. The van der Waals surface area contributed by atoms with Crippen LogP contribution in [0.2, 0.25) is 0 Å². The molecule has 2 aromatic carbocycles. The quantitative estimate of drug-likeness (QED) is 0.617. The van der Waals surface area contributed by atoms with Crippen LogP contribution in [-0.2, 0) is 0 Å². The van der Waals surface area contributed by atoms with Gasteiger partial charge in [0.1, 0.15) is 22.9 Å². The first-order chi connectivity index (χ1) is 11.6. The third kappa shape index (κ3) is 4.66. The van der Waals surface area contributed by atoms with E-state index in [2.05, 4.69) is 0 Å². The lowest BCUT2D eigenvalue weighted by Gasteiger charge is -2.24. The molecule has 2 aromatic rings. The number of anilines is 1. The fourth-order valence-corrected chi connectivity index (χ4v) is 2.20. The van der Waals surface area contributed by atoms with Crippen molar-refractivity contribution in [1.29, 1.82) is 0 Å². The van der Waals surface area contributed by atoms with Gasteiger partial charge in [-0.15, -0.1) is 0 Å². The highest BCUT2D eigenvalue weighted by molar-refractivity contribution is 5.89. The number of carboxylic acid groups (broad SMARTS) is 1. The first-order valence-corrected chi connectivity index (χ1v) is 7.34. The van der Waals surface area contributed by atoms with Gasteiger partial charge in [0.25, 0.3) is 5.69 Å². The molecule has 0 radical (unpaired) electrons. The molecule has 0 aliphatic rings. The number of rotatable bonds is 4. The van der Waals surface area contributed by atoms with Crippen LogP contribution in [0.15, 0.2) is 36.4 Å². The lowest BCUT2D eigenvalue weighted by atomic mass is 10.0. The van der Waals surface area contributed by atoms with E-state index in [-0.39, 0.29) is 11.4 Å². The van der Waals surface area contributed by atoms with Gasteiger partial charge >= 0.3 is 6.09 Å². The van der Waals surface area contributed by atoms with Crippen LogP contribution in [0.3, 0.4) is 0 Å². The minimum atomic E-state index is -1.43. The lowest BCUT2D eigenvalue weighted by Crippen LogP contribution is -2.23. The fourth-order valence-electron chi connectivity index (χ4n) is 2.20. The van der Waals surface area contributed by atoms with Crippen molar-refractivity contribution < 1.29 is 24.0 Å². The smallest absolute Gasteiger partial charge is 0.409 e. The molecule has 0 aliphatic heterocycles. The number of hydrogen-bond acceptors (Lipinski definition) is 4. The Balaban J connectivity index is 2.69. The maximum Gasteiger partial charge on any atom is 0.409 e. The van der Waals surface area contributed by atoms with Crippen LogP contribution in [-0.4, -0.2) is 21.7 Å². The summed E-state index contributed by atoms with van der Waals surface area (Å²) >= 11 is 0. The Hall–Kier alpha value is -3.16. The molecule has 2 N–H and O–H groups in total. The largest absolute Gasteiger partial charge is 0.487 e. The molecular weight excluding hydrogens is 331 g/mol. The Morgan fingerprint density at radius 2 is 1.84 bits per heavy atom. The molecule has 1 amide bonds. The summed E-state index contributed by atoms with van der Waals surface area (Å²) in [5.74, 6) is -0.200. The van der Waals surface area contributed by atoms with Crippen LogP contribution in [0.5, 0.6) is 5.75 Å². The molecule has 0 atom stereocenters. The lowest BCUT2D eigenvalue weighted by molar-refractivity contribution is -0.383. The van der Waals surface area contributed by atoms with Crippen LogP contribution in [0.25, 0.3) is 11.1 Å². The van der Waals surface area contributed by atoms with Crippen LogP contribution in [0, 0.1) is 15.9 Å². The van der Waals surface area contributed by atoms with E-state index in [1.165, 1.54) is 36.4 Å². The van der Waals surface area contributed by atoms with E-state index in [9.17, 15) is 19.3 Å². The second kappa shape index (κ2) is 6.76. The van der Waals surface area contributed by atoms with Gasteiger partial charge in [0, 0.05) is 17.7 Å². The van der Waals surface area contributed by atoms with Gasteiger partial charge in [-0.3, -0.25) is 15.4 Å². The van der Waals surface area contributed by atoms with Crippen molar-refractivity contribution in [2.24, 2.45) is 0 Å². The molecule has 25 heavy (non-hydrogen) atoms. The van der Waals surface area contributed by atoms with Gasteiger partial charge in [0.2, 0.25) is 0 Å². The number of carbonyl (C=O) groups is 1. The number of hydrogen-bond donors (Lipinski definition) is 2. The number of nitrogens with one attached hydrogen (secondary N) is 1. The topological polar surface area (TPSA) is 102 Å². The summed E-state index contributed by atoms with van der Waals surface area (Å²) in [4.78, 5) is 21.5. The predicted molar refractivity (Wildman–Crippen MR) is 90.5 cm³/mol. The van der Waals surface area contributed by atoms with Crippen LogP contribution >= 0.6 is 0 Å². The van der Waals surface area contributed by atoms with Crippen molar-refractivity contribution >= 4 is 17.5 Å². The highest BCUT2D eigenvalue weighted by Gasteiger charge is 2.24. The standard InChI is InChI=1S/C17H17FN2O5/c1-17(2,3)25-15-9-13(19-16(21)22)14(20(23)24)8-12(15)10-4-6-11(18)7-5-10/h4-9,19H,1-3H3,(H,21,22). The van der Waals surface area contributed by atoms with Crippen LogP contribution in [0.4, 0.5) is 20.6 Å². The summed E-state index contributed by atoms with van der Waals surface area (Å²) < 4.78 is 19.0. The Morgan fingerprint density at radius 1 is 1.24 bits per heavy atom. The van der Waals surface area contributed by atoms with Crippen molar-refractivity contribution in [2.75, 3.05) is 5.32 Å². The van der Waals surface area contributed by atoms with Crippen LogP contribution in [0.1, 0.15) is 20.8 Å². The Kier molecular flexibility index (Phi) is 4.92. The molecule has 0 bridgehead atoms. The number of amides is 1. The molecule has 0 unspecified atom stereocenters. The second-order valence-electron chi connectivity index (χ2n) is 6.27. The average molecular weight is 348 g/mol. The van der Waals surface area contributed by atoms with Crippen molar-refractivity contribution in [1.82, 2.24) is 0 Å². The van der Waals surface area contributed by atoms with Crippen molar-refractivity contribution in [3.8, 4) is 16.9 Å². The number of halogens is 1. The van der Waals surface area contributed by atoms with Gasteiger partial charge in [-0.25, -0.2) is 9.18 Å². The average Bonchev–Trinajstić information content (AvgIpc) is 2.46. The van der Waals surface area contributed by atoms with Gasteiger partial charge < -0.3 is 9.84 Å². The van der Waals surface area contributed by atoms with Gasteiger partial charge in [-0.1, -0.05) is 12.1 Å². The van der Waals surface area contributed by atoms with Gasteiger partial charge in [0.05, 0.1) is 4.92 Å². The highest BCUT2D eigenvalue weighted by atomic mass is 19.1. The molecule has 7 nitrogen and oxygen atoms in total. The fraction of sp³-hybridized carbons (Fsp3) is 0.235. The normalized spacial score (nSPS) is 11.0. The number of benzene rings is 2. The SMILES string of the molecule is CC(C)(C)Oc1cc(NC(=O)O)c([N+](=O)[O-])cc1-c1ccc(F)cc1. The van der Waals surface area contributed by atoms with Crippen molar-refractivity contribution in [3.63, 3.8) is 0 Å². The first-order valence-electron chi connectivity index (χ1n) is 7.34. The Labute approximate surface area is 143 Å². The summed E-state index contributed by atoms with van der Waals surface area (Å²) in [6.07, 6.45) is -1.43. The first kappa shape index (κ1) is 18.2. The van der Waals surface area contributed by atoms with Crippen molar-refractivity contribution in [3.05, 3.63) is 52.3 Å².